The van der Waals surface area contributed by atoms with Crippen LogP contribution in [0.3, 0.4) is 0 Å². The van der Waals surface area contributed by atoms with E-state index in [1.54, 1.807) is 6.07 Å². The number of carbonyl (C=O) groups is 1. The zero-order chi connectivity index (χ0) is 22.9. The van der Waals surface area contributed by atoms with Crippen molar-refractivity contribution in [1.82, 2.24) is 4.31 Å². The Hall–Kier alpha value is -2.62. The van der Waals surface area contributed by atoms with Gasteiger partial charge in [-0.15, -0.1) is 0 Å². The summed E-state index contributed by atoms with van der Waals surface area (Å²) in [6, 6.07) is 14.3. The van der Waals surface area contributed by atoms with Crippen molar-refractivity contribution in [3.05, 3.63) is 59.7 Å². The fraction of sp³-hybridized carbons (Fsp3) is 0.435. The molecule has 9 heteroatoms. The Morgan fingerprint density at radius 3 is 2.66 bits per heavy atom. The number of rotatable bonds is 9. The summed E-state index contributed by atoms with van der Waals surface area (Å²) in [5.41, 5.74) is 1.78. The molecule has 2 aromatic carbocycles. The van der Waals surface area contributed by atoms with Gasteiger partial charge in [0.2, 0.25) is 10.0 Å². The summed E-state index contributed by atoms with van der Waals surface area (Å²) < 4.78 is 37.8. The maximum atomic E-state index is 12.7. The van der Waals surface area contributed by atoms with E-state index in [0.29, 0.717) is 5.75 Å². The molecule has 2 N–H and O–H groups in total. The molecule has 8 nitrogen and oxygen atoms in total. The van der Waals surface area contributed by atoms with Gasteiger partial charge in [-0.2, -0.15) is 4.31 Å². The number of carboxylic acid groups (broad SMARTS) is 1. The Kier molecular flexibility index (Phi) is 6.15. The summed E-state index contributed by atoms with van der Waals surface area (Å²) in [7, 11) is -2.61. The summed E-state index contributed by atoms with van der Waals surface area (Å²) in [4.78, 5) is 11.9. The Morgan fingerprint density at radius 1 is 1.19 bits per heavy atom. The zero-order valence-electron chi connectivity index (χ0n) is 17.8. The van der Waals surface area contributed by atoms with Crippen LogP contribution in [0.1, 0.15) is 36.3 Å². The summed E-state index contributed by atoms with van der Waals surface area (Å²) >= 11 is 0. The number of benzene rings is 2. The molecule has 0 amide bonds. The average Bonchev–Trinajstić information content (AvgIpc) is 3.35. The monoisotopic (exact) mass is 461 g/mol. The lowest BCUT2D eigenvalue weighted by atomic mass is 9.97. The molecule has 2 aliphatic rings. The standard InChI is InChI=1S/C23H27NO7S/c1-24(32(28,29)14-13-16-7-3-2-4-8-16)15-23(27,22(25)26)31-20-12-6-10-18-17-9-5-11-19(17)30-21(18)20/h2-4,6-8,10,12,17,19,27H,5,9,11,13-15H2,1H3,(H,25,26). The number of nitrogens with zero attached hydrogens (tertiary/aromatic N) is 1. The van der Waals surface area contributed by atoms with Crippen LogP contribution in [0, 0.1) is 0 Å². The highest BCUT2D eigenvalue weighted by atomic mass is 32.2. The molecule has 2 aromatic rings. The van der Waals surface area contributed by atoms with Gasteiger partial charge in [0.05, 0.1) is 12.3 Å². The molecular weight excluding hydrogens is 434 g/mol. The number of para-hydroxylation sites is 1. The van der Waals surface area contributed by atoms with Crippen LogP contribution in [0.5, 0.6) is 11.5 Å². The number of aliphatic carboxylic acids is 1. The van der Waals surface area contributed by atoms with Gasteiger partial charge in [-0.1, -0.05) is 42.5 Å². The Labute approximate surface area is 187 Å². The van der Waals surface area contributed by atoms with Crippen LogP contribution in [0.2, 0.25) is 0 Å². The number of hydrogen-bond acceptors (Lipinski definition) is 6. The third-order valence-corrected chi connectivity index (χ3v) is 7.95. The largest absolute Gasteiger partial charge is 0.486 e. The van der Waals surface area contributed by atoms with Crippen molar-refractivity contribution in [3.63, 3.8) is 0 Å². The van der Waals surface area contributed by atoms with Crippen LogP contribution in [-0.4, -0.2) is 60.1 Å². The fourth-order valence-electron chi connectivity index (χ4n) is 4.38. The second kappa shape index (κ2) is 8.73. The van der Waals surface area contributed by atoms with Gasteiger partial charge in [0, 0.05) is 18.5 Å². The lowest BCUT2D eigenvalue weighted by Gasteiger charge is -2.29. The molecule has 3 atom stereocenters. The molecule has 1 heterocycles. The number of aliphatic hydroxyl groups is 1. The summed E-state index contributed by atoms with van der Waals surface area (Å²) in [5, 5.41) is 20.5. The van der Waals surface area contributed by atoms with Crippen LogP contribution in [-0.2, 0) is 21.2 Å². The molecule has 0 saturated heterocycles. The lowest BCUT2D eigenvalue weighted by molar-refractivity contribution is -0.195. The van der Waals surface area contributed by atoms with Crippen molar-refractivity contribution in [2.75, 3.05) is 19.3 Å². The number of hydrogen-bond donors (Lipinski definition) is 2. The molecule has 3 unspecified atom stereocenters. The summed E-state index contributed by atoms with van der Waals surface area (Å²) in [6.07, 6.45) is 3.23. The second-order valence-corrected chi connectivity index (χ2v) is 10.6. The van der Waals surface area contributed by atoms with Gasteiger partial charge in [0.1, 0.15) is 6.10 Å². The summed E-state index contributed by atoms with van der Waals surface area (Å²) in [5.74, 6) is -3.93. The molecule has 172 valence electrons. The number of carboxylic acids is 1. The molecule has 4 rings (SSSR count). The molecule has 1 aliphatic heterocycles. The van der Waals surface area contributed by atoms with Gasteiger partial charge in [0.15, 0.2) is 11.5 Å². The average molecular weight is 462 g/mol. The molecule has 0 radical (unpaired) electrons. The third kappa shape index (κ3) is 4.46. The molecule has 1 fully saturated rings. The Morgan fingerprint density at radius 2 is 1.94 bits per heavy atom. The van der Waals surface area contributed by atoms with Crippen LogP contribution in [0.4, 0.5) is 0 Å². The molecule has 0 bridgehead atoms. The molecule has 32 heavy (non-hydrogen) atoms. The first-order chi connectivity index (χ1) is 15.2. The maximum Gasteiger partial charge on any atom is 0.378 e. The van der Waals surface area contributed by atoms with E-state index in [2.05, 4.69) is 0 Å². The number of fused-ring (bicyclic) bond motifs is 3. The molecular formula is C23H27NO7S. The van der Waals surface area contributed by atoms with E-state index in [-0.39, 0.29) is 29.9 Å². The van der Waals surface area contributed by atoms with E-state index in [1.807, 2.05) is 36.4 Å². The van der Waals surface area contributed by atoms with Crippen LogP contribution >= 0.6 is 0 Å². The van der Waals surface area contributed by atoms with Crippen molar-refractivity contribution in [2.45, 2.75) is 43.5 Å². The predicted molar refractivity (Wildman–Crippen MR) is 117 cm³/mol. The number of likely N-dealkylation sites (N-methyl/N-ethyl adjacent to an activating group) is 1. The van der Waals surface area contributed by atoms with E-state index in [0.717, 1.165) is 34.7 Å². The molecule has 0 spiro atoms. The molecule has 1 saturated carbocycles. The molecule has 0 aromatic heterocycles. The van der Waals surface area contributed by atoms with Crippen LogP contribution < -0.4 is 9.47 Å². The molecule has 1 aliphatic carbocycles. The van der Waals surface area contributed by atoms with Crippen molar-refractivity contribution in [3.8, 4) is 11.5 Å². The van der Waals surface area contributed by atoms with E-state index in [4.69, 9.17) is 9.47 Å². The van der Waals surface area contributed by atoms with Crippen molar-refractivity contribution < 1.29 is 32.9 Å². The highest BCUT2D eigenvalue weighted by Gasteiger charge is 2.45. The van der Waals surface area contributed by atoms with E-state index < -0.39 is 28.3 Å². The summed E-state index contributed by atoms with van der Waals surface area (Å²) in [6.45, 7) is -0.768. The third-order valence-electron chi connectivity index (χ3n) is 6.15. The van der Waals surface area contributed by atoms with Crippen LogP contribution in [0.15, 0.2) is 48.5 Å². The highest BCUT2D eigenvalue weighted by Crippen LogP contribution is 2.51. The number of aryl methyl sites for hydroxylation is 1. The first kappa shape index (κ1) is 22.6. The van der Waals surface area contributed by atoms with Gasteiger partial charge in [-0.25, -0.2) is 13.2 Å². The van der Waals surface area contributed by atoms with Gasteiger partial charge < -0.3 is 19.7 Å². The van der Waals surface area contributed by atoms with Crippen LogP contribution in [0.25, 0.3) is 0 Å². The minimum atomic E-state index is -3.84. The second-order valence-electron chi connectivity index (χ2n) is 8.37. The van der Waals surface area contributed by atoms with E-state index >= 15 is 0 Å². The maximum absolute atomic E-state index is 12.7. The van der Waals surface area contributed by atoms with Gasteiger partial charge >= 0.3 is 11.8 Å². The Bertz CT molecular complexity index is 1090. The minimum Gasteiger partial charge on any atom is -0.486 e. The predicted octanol–water partition coefficient (Wildman–Crippen LogP) is 2.37. The van der Waals surface area contributed by atoms with E-state index in [1.165, 1.54) is 13.1 Å². The van der Waals surface area contributed by atoms with E-state index in [9.17, 15) is 23.4 Å². The smallest absolute Gasteiger partial charge is 0.378 e. The van der Waals surface area contributed by atoms with Gasteiger partial charge in [-0.3, -0.25) is 0 Å². The van der Waals surface area contributed by atoms with Crippen molar-refractivity contribution in [1.29, 1.82) is 0 Å². The topological polar surface area (TPSA) is 113 Å². The SMILES string of the molecule is CN(CC(O)(Oc1cccc2c1OC1CCCC21)C(=O)O)S(=O)(=O)CCc1ccccc1. The van der Waals surface area contributed by atoms with Gasteiger partial charge in [-0.05, 0) is 37.3 Å². The lowest BCUT2D eigenvalue weighted by Crippen LogP contribution is -2.54. The Balaban J connectivity index is 1.50. The zero-order valence-corrected chi connectivity index (χ0v) is 18.6. The fourth-order valence-corrected chi connectivity index (χ4v) is 5.56. The normalized spacial score (nSPS) is 21.5. The number of ether oxygens (including phenoxy) is 2. The van der Waals surface area contributed by atoms with Crippen molar-refractivity contribution >= 4 is 16.0 Å². The number of sulfonamides is 1. The van der Waals surface area contributed by atoms with Gasteiger partial charge in [0.25, 0.3) is 0 Å². The first-order valence-electron chi connectivity index (χ1n) is 10.6. The quantitative estimate of drug-likeness (QED) is 0.551. The van der Waals surface area contributed by atoms with Crippen molar-refractivity contribution in [2.24, 2.45) is 0 Å². The highest BCUT2D eigenvalue weighted by molar-refractivity contribution is 7.89. The minimum absolute atomic E-state index is 0.0220. The first-order valence-corrected chi connectivity index (χ1v) is 12.2.